The predicted octanol–water partition coefficient (Wildman–Crippen LogP) is 2.13. The van der Waals surface area contributed by atoms with Gasteiger partial charge in [0, 0.05) is 6.54 Å². The van der Waals surface area contributed by atoms with Crippen LogP contribution in [0.1, 0.15) is 46.0 Å². The zero-order valence-corrected chi connectivity index (χ0v) is 10.7. The molecule has 1 saturated heterocycles. The van der Waals surface area contributed by atoms with Gasteiger partial charge in [0.25, 0.3) is 0 Å². The van der Waals surface area contributed by atoms with Crippen molar-refractivity contribution in [3.63, 3.8) is 0 Å². The number of rotatable bonds is 6. The summed E-state index contributed by atoms with van der Waals surface area (Å²) in [6.07, 6.45) is 5.72. The van der Waals surface area contributed by atoms with Crippen molar-refractivity contribution >= 4 is 0 Å². The van der Waals surface area contributed by atoms with Crippen LogP contribution in [0.3, 0.4) is 0 Å². The average Bonchev–Trinajstić information content (AvgIpc) is 2.72. The molecule has 0 bridgehead atoms. The first kappa shape index (κ1) is 13.5. The first-order valence-electron chi connectivity index (χ1n) is 6.50. The Bertz CT molecular complexity index is 242. The highest BCUT2D eigenvalue weighted by Gasteiger charge is 2.21. The van der Waals surface area contributed by atoms with Crippen LogP contribution < -0.4 is 5.73 Å². The SMILES string of the molecule is CCC1CCN(CCCCC(C)(N)C#N)C1. The quantitative estimate of drug-likeness (QED) is 0.702. The van der Waals surface area contributed by atoms with Gasteiger partial charge in [0.15, 0.2) is 0 Å². The molecule has 16 heavy (non-hydrogen) atoms. The largest absolute Gasteiger partial charge is 0.314 e. The lowest BCUT2D eigenvalue weighted by atomic mass is 9.98. The van der Waals surface area contributed by atoms with E-state index in [2.05, 4.69) is 17.9 Å². The van der Waals surface area contributed by atoms with E-state index in [1.807, 2.05) is 6.92 Å². The number of nitriles is 1. The molecule has 0 aliphatic carbocycles. The summed E-state index contributed by atoms with van der Waals surface area (Å²) in [4.78, 5) is 2.55. The lowest BCUT2D eigenvalue weighted by molar-refractivity contribution is 0.310. The zero-order chi connectivity index (χ0) is 12.0. The third kappa shape index (κ3) is 4.51. The molecule has 2 N–H and O–H groups in total. The highest BCUT2D eigenvalue weighted by Crippen LogP contribution is 2.19. The Morgan fingerprint density at radius 3 is 2.81 bits per heavy atom. The molecule has 3 heteroatoms. The number of likely N-dealkylation sites (tertiary alicyclic amines) is 1. The van der Waals surface area contributed by atoms with Crippen LogP contribution in [-0.4, -0.2) is 30.1 Å². The summed E-state index contributed by atoms with van der Waals surface area (Å²) in [7, 11) is 0. The zero-order valence-electron chi connectivity index (χ0n) is 10.7. The molecule has 1 rings (SSSR count). The molecule has 3 nitrogen and oxygen atoms in total. The van der Waals surface area contributed by atoms with Crippen molar-refractivity contribution in [3.05, 3.63) is 0 Å². The summed E-state index contributed by atoms with van der Waals surface area (Å²) >= 11 is 0. The number of hydrogen-bond donors (Lipinski definition) is 1. The van der Waals surface area contributed by atoms with Gasteiger partial charge in [-0.25, -0.2) is 0 Å². The maximum absolute atomic E-state index is 8.79. The molecule has 0 aromatic heterocycles. The fraction of sp³-hybridized carbons (Fsp3) is 0.923. The smallest absolute Gasteiger partial charge is 0.101 e. The second-order valence-corrected chi connectivity index (χ2v) is 5.35. The topological polar surface area (TPSA) is 53.0 Å². The summed E-state index contributed by atoms with van der Waals surface area (Å²) in [5.41, 5.74) is 5.15. The molecular weight excluding hydrogens is 198 g/mol. The van der Waals surface area contributed by atoms with Crippen molar-refractivity contribution in [1.82, 2.24) is 4.90 Å². The summed E-state index contributed by atoms with van der Waals surface area (Å²) in [5, 5.41) is 8.79. The third-order valence-electron chi connectivity index (χ3n) is 3.62. The lowest BCUT2D eigenvalue weighted by Crippen LogP contribution is -2.34. The van der Waals surface area contributed by atoms with E-state index in [4.69, 9.17) is 11.0 Å². The van der Waals surface area contributed by atoms with Crippen molar-refractivity contribution in [3.8, 4) is 6.07 Å². The first-order chi connectivity index (χ1) is 7.57. The van der Waals surface area contributed by atoms with E-state index >= 15 is 0 Å². The fourth-order valence-corrected chi connectivity index (χ4v) is 2.33. The Balaban J connectivity index is 2.07. The normalized spacial score (nSPS) is 25.2. The summed E-state index contributed by atoms with van der Waals surface area (Å²) in [6.45, 7) is 7.81. The summed E-state index contributed by atoms with van der Waals surface area (Å²) in [6, 6.07) is 2.15. The Kier molecular flexibility index (Phi) is 5.24. The van der Waals surface area contributed by atoms with Crippen molar-refractivity contribution in [2.24, 2.45) is 11.7 Å². The molecule has 2 unspecified atom stereocenters. The predicted molar refractivity (Wildman–Crippen MR) is 66.9 cm³/mol. The van der Waals surface area contributed by atoms with E-state index in [1.54, 1.807) is 0 Å². The van der Waals surface area contributed by atoms with Gasteiger partial charge in [-0.15, -0.1) is 0 Å². The number of nitrogens with two attached hydrogens (primary N) is 1. The van der Waals surface area contributed by atoms with Crippen molar-refractivity contribution in [2.75, 3.05) is 19.6 Å². The fourth-order valence-electron chi connectivity index (χ4n) is 2.33. The van der Waals surface area contributed by atoms with Crippen LogP contribution in [-0.2, 0) is 0 Å². The average molecular weight is 223 g/mol. The van der Waals surface area contributed by atoms with Gasteiger partial charge in [0.05, 0.1) is 6.07 Å². The molecule has 2 atom stereocenters. The minimum Gasteiger partial charge on any atom is -0.314 e. The second kappa shape index (κ2) is 6.22. The summed E-state index contributed by atoms with van der Waals surface area (Å²) < 4.78 is 0. The molecule has 1 aliphatic rings. The molecule has 0 radical (unpaired) electrons. The molecule has 0 saturated carbocycles. The van der Waals surface area contributed by atoms with Gasteiger partial charge < -0.3 is 10.6 Å². The van der Waals surface area contributed by atoms with E-state index in [-0.39, 0.29) is 0 Å². The maximum Gasteiger partial charge on any atom is 0.101 e. The molecule has 0 aromatic rings. The first-order valence-corrected chi connectivity index (χ1v) is 6.50. The standard InChI is InChI=1S/C13H25N3/c1-3-12-6-9-16(10-12)8-5-4-7-13(2,15)11-14/h12H,3-10,15H2,1-2H3. The van der Waals surface area contributed by atoms with Crippen LogP contribution in [0.2, 0.25) is 0 Å². The maximum atomic E-state index is 8.79. The summed E-state index contributed by atoms with van der Waals surface area (Å²) in [5.74, 6) is 0.916. The molecule has 1 fully saturated rings. The molecule has 0 spiro atoms. The molecule has 1 heterocycles. The molecular formula is C13H25N3. The van der Waals surface area contributed by atoms with Crippen LogP contribution in [0.25, 0.3) is 0 Å². The highest BCUT2D eigenvalue weighted by molar-refractivity contribution is 5.00. The van der Waals surface area contributed by atoms with E-state index < -0.39 is 5.54 Å². The van der Waals surface area contributed by atoms with Gasteiger partial charge in [0.1, 0.15) is 5.54 Å². The van der Waals surface area contributed by atoms with E-state index in [9.17, 15) is 0 Å². The van der Waals surface area contributed by atoms with E-state index in [0.717, 1.165) is 18.8 Å². The van der Waals surface area contributed by atoms with Gasteiger partial charge in [0.2, 0.25) is 0 Å². The van der Waals surface area contributed by atoms with Gasteiger partial charge in [-0.3, -0.25) is 0 Å². The van der Waals surface area contributed by atoms with Crippen LogP contribution in [0.5, 0.6) is 0 Å². The molecule has 92 valence electrons. The number of hydrogen-bond acceptors (Lipinski definition) is 3. The molecule has 0 amide bonds. The van der Waals surface area contributed by atoms with E-state index in [1.165, 1.54) is 38.9 Å². The second-order valence-electron chi connectivity index (χ2n) is 5.35. The highest BCUT2D eigenvalue weighted by atomic mass is 15.1. The third-order valence-corrected chi connectivity index (χ3v) is 3.62. The van der Waals surface area contributed by atoms with Crippen LogP contribution in [0.15, 0.2) is 0 Å². The Hall–Kier alpha value is -0.590. The van der Waals surface area contributed by atoms with Crippen molar-refractivity contribution in [1.29, 1.82) is 5.26 Å². The minimum atomic E-state index is -0.628. The number of nitrogens with zero attached hydrogens (tertiary/aromatic N) is 2. The van der Waals surface area contributed by atoms with Gasteiger partial charge >= 0.3 is 0 Å². The van der Waals surface area contributed by atoms with Crippen molar-refractivity contribution in [2.45, 2.75) is 51.5 Å². The van der Waals surface area contributed by atoms with Crippen LogP contribution >= 0.6 is 0 Å². The Morgan fingerprint density at radius 1 is 1.50 bits per heavy atom. The van der Waals surface area contributed by atoms with E-state index in [0.29, 0.717) is 0 Å². The number of unbranched alkanes of at least 4 members (excludes halogenated alkanes) is 1. The van der Waals surface area contributed by atoms with Gasteiger partial charge in [-0.2, -0.15) is 5.26 Å². The van der Waals surface area contributed by atoms with Crippen molar-refractivity contribution < 1.29 is 0 Å². The minimum absolute atomic E-state index is 0.628. The van der Waals surface area contributed by atoms with Crippen LogP contribution in [0, 0.1) is 17.2 Å². The molecule has 1 aliphatic heterocycles. The monoisotopic (exact) mass is 223 g/mol. The van der Waals surface area contributed by atoms with Gasteiger partial charge in [-0.05, 0) is 51.6 Å². The van der Waals surface area contributed by atoms with Crippen LogP contribution in [0.4, 0.5) is 0 Å². The Morgan fingerprint density at radius 2 is 2.25 bits per heavy atom. The molecule has 0 aromatic carbocycles. The van der Waals surface area contributed by atoms with Gasteiger partial charge in [-0.1, -0.05) is 13.3 Å². The Labute approximate surface area is 99.6 Å². The lowest BCUT2D eigenvalue weighted by Gasteiger charge is -2.18.